The van der Waals surface area contributed by atoms with Crippen molar-refractivity contribution < 1.29 is 5.11 Å². The smallest absolute Gasteiger partial charge is 0.319 e. The van der Waals surface area contributed by atoms with E-state index in [4.69, 9.17) is 5.84 Å². The van der Waals surface area contributed by atoms with E-state index in [1.165, 1.54) is 17.6 Å². The number of aromatic hydroxyl groups is 1. The Morgan fingerprint density at radius 1 is 1.04 bits per heavy atom. The van der Waals surface area contributed by atoms with Gasteiger partial charge in [-0.3, -0.25) is 5.43 Å². The molecule has 0 aliphatic heterocycles. The Morgan fingerprint density at radius 2 is 1.74 bits per heavy atom. The lowest BCUT2D eigenvalue weighted by Crippen LogP contribution is -2.11. The van der Waals surface area contributed by atoms with Crippen LogP contribution in [-0.2, 0) is 0 Å². The second-order valence-electron chi connectivity index (χ2n) is 5.24. The third kappa shape index (κ3) is 3.44. The average Bonchev–Trinajstić information content (AvgIpc) is 3.21. The number of rotatable bonds is 2. The molecule has 0 atom stereocenters. The molecule has 0 saturated carbocycles. The van der Waals surface area contributed by atoms with Crippen LogP contribution in [0.15, 0.2) is 59.7 Å². The van der Waals surface area contributed by atoms with Crippen LogP contribution >= 0.6 is 0 Å². The maximum atomic E-state index is 9.32. The first kappa shape index (κ1) is 14.9. The summed E-state index contributed by atoms with van der Waals surface area (Å²) in [5, 5.41) is 9.32. The number of hydrogen-bond acceptors (Lipinski definition) is 6. The second-order valence-corrected chi connectivity index (χ2v) is 5.24. The molecule has 116 valence electrons. The van der Waals surface area contributed by atoms with Crippen LogP contribution in [-0.4, -0.2) is 20.1 Å². The van der Waals surface area contributed by atoms with Crippen molar-refractivity contribution in [3.63, 3.8) is 0 Å². The minimum Gasteiger partial charge on any atom is -0.479 e. The van der Waals surface area contributed by atoms with Gasteiger partial charge in [0.25, 0.3) is 0 Å². The van der Waals surface area contributed by atoms with E-state index in [-0.39, 0.29) is 12.0 Å². The normalized spacial score (nSPS) is 14.0. The molecule has 23 heavy (non-hydrogen) atoms. The fraction of sp³-hybridized carbons (Fsp3) is 0.118. The summed E-state index contributed by atoms with van der Waals surface area (Å²) in [6.45, 7) is 1.94. The molecular formula is C17H17N5O. The Labute approximate surface area is 134 Å². The van der Waals surface area contributed by atoms with E-state index in [1.807, 2.05) is 31.2 Å². The SMILES string of the molecule is C1=CC2=CC=C1C2.Cc1ccccc1-c1nc(O)nc(NN)n1. The summed E-state index contributed by atoms with van der Waals surface area (Å²) in [4.78, 5) is 11.5. The Hall–Kier alpha value is -2.99. The van der Waals surface area contributed by atoms with Crippen LogP contribution in [0.2, 0.25) is 0 Å². The van der Waals surface area contributed by atoms with Crippen LogP contribution in [0.1, 0.15) is 12.0 Å². The first-order valence-electron chi connectivity index (χ1n) is 7.21. The highest BCUT2D eigenvalue weighted by Gasteiger charge is 2.09. The molecule has 1 heterocycles. The number of nitrogens with zero attached hydrogens (tertiary/aromatic N) is 3. The van der Waals surface area contributed by atoms with Gasteiger partial charge < -0.3 is 5.11 Å². The maximum Gasteiger partial charge on any atom is 0.319 e. The molecule has 0 radical (unpaired) electrons. The van der Waals surface area contributed by atoms with E-state index in [0.717, 1.165) is 11.1 Å². The number of anilines is 1. The van der Waals surface area contributed by atoms with Gasteiger partial charge in [-0.2, -0.15) is 15.0 Å². The summed E-state index contributed by atoms with van der Waals surface area (Å²) in [6, 6.07) is 7.23. The standard InChI is InChI=1S/C10H11N5O.C7H6/c1-6-4-2-3-5-7(6)8-12-9(15-11)14-10(16)13-8;1-2-7-4-3-6(1)5-7/h2-5H,11H2,1H3,(H2,12,13,14,15,16);1-4H,5H2. The fourth-order valence-corrected chi connectivity index (χ4v) is 2.38. The summed E-state index contributed by atoms with van der Waals surface area (Å²) < 4.78 is 0. The molecule has 4 rings (SSSR count). The van der Waals surface area contributed by atoms with Crippen LogP contribution in [0, 0.1) is 6.92 Å². The van der Waals surface area contributed by atoms with Gasteiger partial charge in [-0.05, 0) is 30.1 Å². The largest absolute Gasteiger partial charge is 0.479 e. The first-order chi connectivity index (χ1) is 11.2. The van der Waals surface area contributed by atoms with Crippen molar-refractivity contribution in [1.29, 1.82) is 0 Å². The average molecular weight is 307 g/mol. The van der Waals surface area contributed by atoms with Crippen molar-refractivity contribution in [3.8, 4) is 17.4 Å². The summed E-state index contributed by atoms with van der Waals surface area (Å²) in [7, 11) is 0. The molecular weight excluding hydrogens is 290 g/mol. The van der Waals surface area contributed by atoms with Crippen LogP contribution in [0.25, 0.3) is 11.4 Å². The number of nitrogens with two attached hydrogens (primary N) is 1. The Bertz CT molecular complexity index is 803. The minimum absolute atomic E-state index is 0.130. The van der Waals surface area contributed by atoms with Gasteiger partial charge in [0.2, 0.25) is 5.95 Å². The van der Waals surface area contributed by atoms with Gasteiger partial charge in [0.15, 0.2) is 5.82 Å². The number of allylic oxidation sites excluding steroid dienone is 6. The highest BCUT2D eigenvalue weighted by atomic mass is 16.3. The fourth-order valence-electron chi connectivity index (χ4n) is 2.38. The summed E-state index contributed by atoms with van der Waals surface area (Å²) in [5.74, 6) is 5.71. The molecule has 2 aromatic rings. The van der Waals surface area contributed by atoms with Crippen molar-refractivity contribution in [3.05, 3.63) is 65.3 Å². The van der Waals surface area contributed by atoms with Gasteiger partial charge in [0.1, 0.15) is 0 Å². The van der Waals surface area contributed by atoms with E-state index in [2.05, 4.69) is 44.7 Å². The van der Waals surface area contributed by atoms with Crippen molar-refractivity contribution in [2.75, 3.05) is 5.43 Å². The van der Waals surface area contributed by atoms with Gasteiger partial charge in [-0.1, -0.05) is 48.6 Å². The predicted molar refractivity (Wildman–Crippen MR) is 89.4 cm³/mol. The number of nitrogens with one attached hydrogen (secondary N) is 1. The quantitative estimate of drug-likeness (QED) is 0.583. The van der Waals surface area contributed by atoms with Crippen molar-refractivity contribution >= 4 is 5.95 Å². The molecule has 2 aliphatic carbocycles. The van der Waals surface area contributed by atoms with E-state index >= 15 is 0 Å². The Morgan fingerprint density at radius 3 is 2.26 bits per heavy atom. The Balaban J connectivity index is 0.000000183. The summed E-state index contributed by atoms with van der Waals surface area (Å²) in [5.41, 5.74) is 7.05. The van der Waals surface area contributed by atoms with Crippen molar-refractivity contribution in [1.82, 2.24) is 15.0 Å². The van der Waals surface area contributed by atoms with Gasteiger partial charge in [-0.15, -0.1) is 0 Å². The first-order valence-corrected chi connectivity index (χ1v) is 7.21. The molecule has 0 spiro atoms. The lowest BCUT2D eigenvalue weighted by atomic mass is 10.1. The number of hydrazine groups is 1. The zero-order valence-electron chi connectivity index (χ0n) is 12.7. The number of aryl methyl sites for hydroxylation is 1. The van der Waals surface area contributed by atoms with Gasteiger partial charge in [-0.25, -0.2) is 5.84 Å². The number of hydrogen-bond donors (Lipinski definition) is 3. The lowest BCUT2D eigenvalue weighted by molar-refractivity contribution is 0.430. The molecule has 1 aromatic carbocycles. The molecule has 6 nitrogen and oxygen atoms in total. The van der Waals surface area contributed by atoms with Crippen molar-refractivity contribution in [2.45, 2.75) is 13.3 Å². The third-order valence-corrected chi connectivity index (χ3v) is 3.57. The Kier molecular flexibility index (Phi) is 4.16. The minimum atomic E-state index is -0.360. The van der Waals surface area contributed by atoms with Crippen LogP contribution in [0.5, 0.6) is 6.01 Å². The number of aromatic nitrogens is 3. The summed E-state index contributed by atoms with van der Waals surface area (Å²) in [6.07, 6.45) is 9.90. The molecule has 0 saturated heterocycles. The molecule has 2 bridgehead atoms. The van der Waals surface area contributed by atoms with Crippen LogP contribution < -0.4 is 11.3 Å². The molecule has 1 aromatic heterocycles. The van der Waals surface area contributed by atoms with E-state index in [0.29, 0.717) is 5.82 Å². The van der Waals surface area contributed by atoms with Gasteiger partial charge in [0.05, 0.1) is 0 Å². The van der Waals surface area contributed by atoms with Crippen LogP contribution in [0.4, 0.5) is 5.95 Å². The summed E-state index contributed by atoms with van der Waals surface area (Å²) >= 11 is 0. The molecule has 0 unspecified atom stereocenters. The van der Waals surface area contributed by atoms with E-state index < -0.39 is 0 Å². The lowest BCUT2D eigenvalue weighted by Gasteiger charge is -2.05. The number of benzene rings is 1. The van der Waals surface area contributed by atoms with E-state index in [9.17, 15) is 5.11 Å². The highest BCUT2D eigenvalue weighted by molar-refractivity contribution is 5.60. The topological polar surface area (TPSA) is 97.0 Å². The maximum absolute atomic E-state index is 9.32. The predicted octanol–water partition coefficient (Wildman–Crippen LogP) is 2.65. The molecule has 6 heteroatoms. The molecule has 0 fully saturated rings. The second kappa shape index (κ2) is 6.41. The monoisotopic (exact) mass is 307 g/mol. The van der Waals surface area contributed by atoms with Gasteiger partial charge >= 0.3 is 6.01 Å². The third-order valence-electron chi connectivity index (χ3n) is 3.57. The number of fused-ring (bicyclic) bond motifs is 2. The molecule has 4 N–H and O–H groups in total. The van der Waals surface area contributed by atoms with Gasteiger partial charge in [0, 0.05) is 5.56 Å². The zero-order valence-corrected chi connectivity index (χ0v) is 12.7. The van der Waals surface area contributed by atoms with Crippen LogP contribution in [0.3, 0.4) is 0 Å². The number of nitrogen functional groups attached to an aromatic ring is 1. The van der Waals surface area contributed by atoms with Crippen molar-refractivity contribution in [2.24, 2.45) is 5.84 Å². The molecule has 0 amide bonds. The van der Waals surface area contributed by atoms with E-state index in [1.54, 1.807) is 0 Å². The zero-order chi connectivity index (χ0) is 16.2. The highest BCUT2D eigenvalue weighted by Crippen LogP contribution is 2.27. The molecule has 2 aliphatic rings.